The lowest BCUT2D eigenvalue weighted by Gasteiger charge is -2.33. The third kappa shape index (κ3) is 13.6. The molecule has 0 aromatic carbocycles. The molecular formula is C28H56N2. The largest absolute Gasteiger partial charge is 0.356 e. The maximum absolute atomic E-state index is 2.65. The van der Waals surface area contributed by atoms with Crippen LogP contribution < -0.4 is 0 Å². The van der Waals surface area contributed by atoms with Gasteiger partial charge in [-0.3, -0.25) is 0 Å². The highest BCUT2D eigenvalue weighted by Gasteiger charge is 2.24. The Morgan fingerprint density at radius 3 is 1.30 bits per heavy atom. The van der Waals surface area contributed by atoms with Crippen molar-refractivity contribution in [2.75, 3.05) is 13.1 Å². The lowest BCUT2D eigenvalue weighted by molar-refractivity contribution is 0.137. The van der Waals surface area contributed by atoms with Gasteiger partial charge in [-0.15, -0.1) is 0 Å². The summed E-state index contributed by atoms with van der Waals surface area (Å²) < 4.78 is 0. The van der Waals surface area contributed by atoms with Crippen LogP contribution in [0.3, 0.4) is 0 Å². The van der Waals surface area contributed by atoms with Crippen LogP contribution in [0.2, 0.25) is 0 Å². The second-order valence-electron chi connectivity index (χ2n) is 9.70. The number of rotatable bonds is 22. The van der Waals surface area contributed by atoms with Crippen LogP contribution in [0.5, 0.6) is 0 Å². The van der Waals surface area contributed by atoms with Crippen LogP contribution in [-0.4, -0.2) is 29.1 Å². The van der Waals surface area contributed by atoms with Gasteiger partial charge >= 0.3 is 0 Å². The van der Waals surface area contributed by atoms with Crippen molar-refractivity contribution < 1.29 is 0 Å². The van der Waals surface area contributed by atoms with Gasteiger partial charge in [0.25, 0.3) is 0 Å². The molecule has 178 valence electrons. The lowest BCUT2D eigenvalue weighted by Crippen LogP contribution is -2.39. The molecule has 1 rings (SSSR count). The SMILES string of the molecule is CCCCCCCCCCCCCCN1C=CN(CCC)C1CCCCCCCC. The van der Waals surface area contributed by atoms with Crippen molar-refractivity contribution in [2.45, 2.75) is 155 Å². The fraction of sp³-hybridized carbons (Fsp3) is 0.929. The highest BCUT2D eigenvalue weighted by molar-refractivity contribution is 4.96. The van der Waals surface area contributed by atoms with Crippen LogP contribution >= 0.6 is 0 Å². The first kappa shape index (κ1) is 27.4. The molecule has 1 atom stereocenters. The molecule has 1 aliphatic heterocycles. The Kier molecular flexibility index (Phi) is 18.5. The van der Waals surface area contributed by atoms with Crippen LogP contribution in [0, 0.1) is 0 Å². The van der Waals surface area contributed by atoms with E-state index in [0.717, 1.165) is 0 Å². The van der Waals surface area contributed by atoms with E-state index < -0.39 is 0 Å². The first-order valence-corrected chi connectivity index (χ1v) is 14.0. The minimum Gasteiger partial charge on any atom is -0.356 e. The van der Waals surface area contributed by atoms with Gasteiger partial charge in [0.05, 0.1) is 0 Å². The highest BCUT2D eigenvalue weighted by atomic mass is 15.4. The quantitative estimate of drug-likeness (QED) is 0.161. The second kappa shape index (κ2) is 20.3. The summed E-state index contributed by atoms with van der Waals surface area (Å²) in [7, 11) is 0. The molecular weight excluding hydrogens is 364 g/mol. The topological polar surface area (TPSA) is 6.48 Å². The van der Waals surface area contributed by atoms with Crippen molar-refractivity contribution in [1.82, 2.24) is 9.80 Å². The van der Waals surface area contributed by atoms with E-state index in [1.54, 1.807) is 0 Å². The van der Waals surface area contributed by atoms with Crippen LogP contribution in [0.4, 0.5) is 0 Å². The van der Waals surface area contributed by atoms with E-state index in [4.69, 9.17) is 0 Å². The van der Waals surface area contributed by atoms with Crippen LogP contribution in [0.1, 0.15) is 149 Å². The van der Waals surface area contributed by atoms with E-state index in [0.29, 0.717) is 6.17 Å². The van der Waals surface area contributed by atoms with Crippen LogP contribution in [0.15, 0.2) is 12.4 Å². The monoisotopic (exact) mass is 420 g/mol. The Hall–Kier alpha value is -0.660. The summed E-state index contributed by atoms with van der Waals surface area (Å²) >= 11 is 0. The van der Waals surface area contributed by atoms with E-state index in [2.05, 4.69) is 43.0 Å². The smallest absolute Gasteiger partial charge is 0.101 e. The van der Waals surface area contributed by atoms with Gasteiger partial charge in [-0.05, 0) is 25.7 Å². The summed E-state index contributed by atoms with van der Waals surface area (Å²) in [5.41, 5.74) is 0. The Morgan fingerprint density at radius 2 is 0.833 bits per heavy atom. The zero-order chi connectivity index (χ0) is 21.7. The molecule has 0 saturated carbocycles. The van der Waals surface area contributed by atoms with Gasteiger partial charge in [-0.2, -0.15) is 0 Å². The number of nitrogens with zero attached hydrogens (tertiary/aromatic N) is 2. The van der Waals surface area contributed by atoms with Crippen LogP contribution in [-0.2, 0) is 0 Å². The minimum atomic E-state index is 0.642. The Bertz CT molecular complexity index is 379. The zero-order valence-electron chi connectivity index (χ0n) is 21.2. The maximum Gasteiger partial charge on any atom is 0.101 e. The second-order valence-corrected chi connectivity index (χ2v) is 9.70. The molecule has 0 amide bonds. The number of hydrogen-bond donors (Lipinski definition) is 0. The van der Waals surface area contributed by atoms with Crippen molar-refractivity contribution in [1.29, 1.82) is 0 Å². The van der Waals surface area contributed by atoms with Gasteiger partial charge in [0.1, 0.15) is 6.17 Å². The van der Waals surface area contributed by atoms with Gasteiger partial charge in [0, 0.05) is 25.5 Å². The summed E-state index contributed by atoms with van der Waals surface area (Å²) in [4.78, 5) is 5.25. The predicted octanol–water partition coefficient (Wildman–Crippen LogP) is 9.26. The molecule has 30 heavy (non-hydrogen) atoms. The molecule has 0 fully saturated rings. The van der Waals surface area contributed by atoms with E-state index in [1.807, 2.05) is 0 Å². The first-order chi connectivity index (χ1) is 14.8. The van der Waals surface area contributed by atoms with Crippen molar-refractivity contribution in [2.24, 2.45) is 0 Å². The van der Waals surface area contributed by atoms with Gasteiger partial charge in [0.2, 0.25) is 0 Å². The van der Waals surface area contributed by atoms with Gasteiger partial charge in [0.15, 0.2) is 0 Å². The maximum atomic E-state index is 2.65. The van der Waals surface area contributed by atoms with Gasteiger partial charge in [-0.1, -0.05) is 124 Å². The average molecular weight is 421 g/mol. The third-order valence-corrected chi connectivity index (χ3v) is 6.78. The average Bonchev–Trinajstić information content (AvgIpc) is 3.13. The minimum absolute atomic E-state index is 0.642. The molecule has 0 aromatic rings. The summed E-state index contributed by atoms with van der Waals surface area (Å²) in [6, 6.07) is 0. The van der Waals surface area contributed by atoms with Crippen molar-refractivity contribution in [3.63, 3.8) is 0 Å². The molecule has 1 aliphatic rings. The molecule has 1 heterocycles. The lowest BCUT2D eigenvalue weighted by atomic mass is 10.0. The molecule has 1 unspecified atom stereocenters. The van der Waals surface area contributed by atoms with E-state index >= 15 is 0 Å². The summed E-state index contributed by atoms with van der Waals surface area (Å²) in [6.45, 7) is 9.39. The standard InChI is InChI=1S/C28H56N2/c1-4-7-9-11-13-14-15-16-17-18-20-22-25-30-27-26-29(24-6-3)28(30)23-21-19-12-10-8-5-2/h26-28H,4-25H2,1-3H3. The zero-order valence-corrected chi connectivity index (χ0v) is 21.2. The van der Waals surface area contributed by atoms with Gasteiger partial charge < -0.3 is 9.80 Å². The summed E-state index contributed by atoms with van der Waals surface area (Å²) in [5.74, 6) is 0. The van der Waals surface area contributed by atoms with Crippen molar-refractivity contribution >= 4 is 0 Å². The van der Waals surface area contributed by atoms with Crippen molar-refractivity contribution in [3.05, 3.63) is 12.4 Å². The van der Waals surface area contributed by atoms with Crippen LogP contribution in [0.25, 0.3) is 0 Å². The molecule has 0 spiro atoms. The Morgan fingerprint density at radius 1 is 0.433 bits per heavy atom. The molecule has 0 aromatic heterocycles. The first-order valence-electron chi connectivity index (χ1n) is 14.0. The molecule has 2 heteroatoms. The van der Waals surface area contributed by atoms with E-state index in [1.165, 1.54) is 142 Å². The molecule has 0 N–H and O–H groups in total. The number of hydrogen-bond acceptors (Lipinski definition) is 2. The molecule has 2 nitrogen and oxygen atoms in total. The van der Waals surface area contributed by atoms with Crippen molar-refractivity contribution in [3.8, 4) is 0 Å². The Labute approximate surface area is 190 Å². The number of unbranched alkanes of at least 4 members (excludes halogenated alkanes) is 16. The highest BCUT2D eigenvalue weighted by Crippen LogP contribution is 2.23. The Balaban J connectivity index is 2.07. The summed E-state index contributed by atoms with van der Waals surface area (Å²) in [6.07, 6.45) is 33.7. The fourth-order valence-corrected chi connectivity index (χ4v) is 4.84. The third-order valence-electron chi connectivity index (χ3n) is 6.78. The van der Waals surface area contributed by atoms with E-state index in [9.17, 15) is 0 Å². The molecule has 0 saturated heterocycles. The summed E-state index contributed by atoms with van der Waals surface area (Å²) in [5, 5.41) is 0. The van der Waals surface area contributed by atoms with Gasteiger partial charge in [-0.25, -0.2) is 0 Å². The van der Waals surface area contributed by atoms with E-state index in [-0.39, 0.29) is 0 Å². The molecule has 0 aliphatic carbocycles. The fourth-order valence-electron chi connectivity index (χ4n) is 4.84. The predicted molar refractivity (Wildman–Crippen MR) is 136 cm³/mol. The normalized spacial score (nSPS) is 16.2. The molecule has 0 radical (unpaired) electrons. The molecule has 0 bridgehead atoms.